The molecule has 0 rings (SSSR count). The molecule has 0 aromatic rings. The number of rotatable bonds is 49. The highest BCUT2D eigenvalue weighted by Gasteiger charge is 2.19. The molecule has 0 fully saturated rings. The Morgan fingerprint density at radius 2 is 0.603 bits per heavy atom. The minimum absolute atomic E-state index is 0.110. The van der Waals surface area contributed by atoms with Gasteiger partial charge in [0.25, 0.3) is 0 Å². The number of hydrogen-bond acceptors (Lipinski definition) is 6. The highest BCUT2D eigenvalue weighted by Crippen LogP contribution is 2.15. The maximum Gasteiger partial charge on any atom is 0.306 e. The normalized spacial score (nSPS) is 12.9. The summed E-state index contributed by atoms with van der Waals surface area (Å²) in [7, 11) is 0. The van der Waals surface area contributed by atoms with Gasteiger partial charge in [0, 0.05) is 19.3 Å². The molecule has 0 aliphatic rings. The van der Waals surface area contributed by atoms with Crippen molar-refractivity contribution >= 4 is 17.9 Å². The Bertz CT molecular complexity index is 1410. The van der Waals surface area contributed by atoms with Gasteiger partial charge in [0.15, 0.2) is 6.10 Å². The van der Waals surface area contributed by atoms with Crippen molar-refractivity contribution in [3.05, 3.63) is 109 Å². The fourth-order valence-electron chi connectivity index (χ4n) is 7.42. The summed E-state index contributed by atoms with van der Waals surface area (Å²) in [4.78, 5) is 38.1. The molecule has 0 saturated heterocycles. The fourth-order valence-corrected chi connectivity index (χ4v) is 7.42. The van der Waals surface area contributed by atoms with E-state index in [1.807, 2.05) is 6.08 Å². The minimum atomic E-state index is -0.816. The fraction of sp³-hybridized carbons (Fsp3) is 0.661. The molecule has 0 aromatic carbocycles. The minimum Gasteiger partial charge on any atom is -0.462 e. The van der Waals surface area contributed by atoms with Crippen LogP contribution in [-0.4, -0.2) is 37.2 Å². The lowest BCUT2D eigenvalue weighted by Crippen LogP contribution is -2.30. The highest BCUT2D eigenvalue weighted by atomic mass is 16.6. The summed E-state index contributed by atoms with van der Waals surface area (Å²) in [6, 6.07) is 0. The van der Waals surface area contributed by atoms with Crippen LogP contribution in [0.25, 0.3) is 0 Å². The number of allylic oxidation sites excluding steroid dienone is 18. The third-order valence-electron chi connectivity index (χ3n) is 11.5. The van der Waals surface area contributed by atoms with E-state index in [4.69, 9.17) is 14.2 Å². The van der Waals surface area contributed by atoms with Crippen LogP contribution in [0, 0.1) is 0 Å². The smallest absolute Gasteiger partial charge is 0.306 e. The van der Waals surface area contributed by atoms with Crippen molar-refractivity contribution in [2.75, 3.05) is 13.2 Å². The topological polar surface area (TPSA) is 78.9 Å². The third kappa shape index (κ3) is 53.0. The first-order valence-corrected chi connectivity index (χ1v) is 27.9. The van der Waals surface area contributed by atoms with Gasteiger partial charge in [0.1, 0.15) is 13.2 Å². The van der Waals surface area contributed by atoms with Gasteiger partial charge in [-0.05, 0) is 89.9 Å². The van der Waals surface area contributed by atoms with E-state index in [1.165, 1.54) is 83.5 Å². The van der Waals surface area contributed by atoms with Crippen LogP contribution >= 0.6 is 0 Å². The SMILES string of the molecule is CC/C=C/C/C=C/C/C=C/C/C=C/C/C=C/C/C=C/CCC(=O)OC[C@@H](COC(=O)CCCCCCC/C=C/C/C=C/C/C=C/CC)OC(=O)CCCCCCCCCCCCCCCCCC. The molecule has 0 bridgehead atoms. The molecular formula is C62H102O6. The summed E-state index contributed by atoms with van der Waals surface area (Å²) in [6.45, 7) is 6.34. The molecule has 0 aromatic heterocycles. The average Bonchev–Trinajstić information content (AvgIpc) is 3.34. The lowest BCUT2D eigenvalue weighted by Gasteiger charge is -2.18. The average molecular weight is 943 g/mol. The summed E-state index contributed by atoms with van der Waals surface area (Å²) in [6.07, 6.45) is 75.1. The number of unbranched alkanes of at least 4 members (excludes halogenated alkanes) is 20. The Morgan fingerprint density at radius 1 is 0.309 bits per heavy atom. The monoisotopic (exact) mass is 943 g/mol. The zero-order valence-electron chi connectivity index (χ0n) is 44.1. The van der Waals surface area contributed by atoms with Crippen LogP contribution in [0.2, 0.25) is 0 Å². The maximum absolute atomic E-state index is 12.8. The van der Waals surface area contributed by atoms with Crippen LogP contribution in [-0.2, 0) is 28.6 Å². The van der Waals surface area contributed by atoms with Gasteiger partial charge >= 0.3 is 17.9 Å². The predicted molar refractivity (Wildman–Crippen MR) is 293 cm³/mol. The van der Waals surface area contributed by atoms with Crippen molar-refractivity contribution in [3.8, 4) is 0 Å². The molecule has 6 nitrogen and oxygen atoms in total. The molecule has 6 heteroatoms. The Hall–Kier alpha value is -3.93. The van der Waals surface area contributed by atoms with Gasteiger partial charge in [-0.2, -0.15) is 0 Å². The molecule has 0 aliphatic carbocycles. The first kappa shape index (κ1) is 64.1. The first-order chi connectivity index (χ1) is 33.5. The molecular weight excluding hydrogens is 841 g/mol. The van der Waals surface area contributed by atoms with Crippen LogP contribution in [0.1, 0.15) is 245 Å². The summed E-state index contributed by atoms with van der Waals surface area (Å²) >= 11 is 0. The zero-order valence-corrected chi connectivity index (χ0v) is 44.1. The Kier molecular flexibility index (Phi) is 52.4. The predicted octanol–water partition coefficient (Wildman–Crippen LogP) is 18.7. The lowest BCUT2D eigenvalue weighted by molar-refractivity contribution is -0.166. The Labute approximate surface area is 419 Å². The highest BCUT2D eigenvalue weighted by molar-refractivity contribution is 5.71. The molecule has 0 heterocycles. The van der Waals surface area contributed by atoms with Crippen LogP contribution < -0.4 is 0 Å². The number of carbonyl (C=O) groups excluding carboxylic acids is 3. The van der Waals surface area contributed by atoms with Crippen molar-refractivity contribution < 1.29 is 28.6 Å². The quantitative estimate of drug-likeness (QED) is 0.0262. The molecule has 0 saturated carbocycles. The van der Waals surface area contributed by atoms with E-state index < -0.39 is 6.10 Å². The van der Waals surface area contributed by atoms with Crippen LogP contribution in [0.5, 0.6) is 0 Å². The molecule has 0 radical (unpaired) electrons. The largest absolute Gasteiger partial charge is 0.462 e. The summed E-state index contributed by atoms with van der Waals surface area (Å²) in [5.74, 6) is -1.01. The van der Waals surface area contributed by atoms with Gasteiger partial charge in [-0.25, -0.2) is 0 Å². The third-order valence-corrected chi connectivity index (χ3v) is 11.5. The van der Waals surface area contributed by atoms with E-state index in [1.54, 1.807) is 0 Å². The van der Waals surface area contributed by atoms with E-state index in [0.29, 0.717) is 19.3 Å². The second-order valence-electron chi connectivity index (χ2n) is 18.1. The van der Waals surface area contributed by atoms with E-state index in [0.717, 1.165) is 116 Å². The molecule has 386 valence electrons. The van der Waals surface area contributed by atoms with E-state index >= 15 is 0 Å². The summed E-state index contributed by atoms with van der Waals surface area (Å²) < 4.78 is 16.8. The molecule has 0 amide bonds. The molecule has 0 N–H and O–H groups in total. The number of ether oxygens (including phenoxy) is 3. The van der Waals surface area contributed by atoms with E-state index in [2.05, 4.69) is 124 Å². The van der Waals surface area contributed by atoms with Gasteiger partial charge in [-0.1, -0.05) is 246 Å². The molecule has 68 heavy (non-hydrogen) atoms. The van der Waals surface area contributed by atoms with Gasteiger partial charge in [-0.15, -0.1) is 0 Å². The molecule has 1 atom stereocenters. The Balaban J connectivity index is 4.52. The summed E-state index contributed by atoms with van der Waals surface area (Å²) in [5.41, 5.74) is 0. The van der Waals surface area contributed by atoms with Crippen molar-refractivity contribution in [1.82, 2.24) is 0 Å². The summed E-state index contributed by atoms with van der Waals surface area (Å²) in [5, 5.41) is 0. The van der Waals surface area contributed by atoms with E-state index in [-0.39, 0.29) is 37.5 Å². The first-order valence-electron chi connectivity index (χ1n) is 27.9. The number of esters is 3. The Morgan fingerprint density at radius 3 is 0.985 bits per heavy atom. The second-order valence-corrected chi connectivity index (χ2v) is 18.1. The van der Waals surface area contributed by atoms with Gasteiger partial charge in [-0.3, -0.25) is 14.4 Å². The van der Waals surface area contributed by atoms with Crippen molar-refractivity contribution in [3.63, 3.8) is 0 Å². The lowest BCUT2D eigenvalue weighted by atomic mass is 10.0. The van der Waals surface area contributed by atoms with Gasteiger partial charge < -0.3 is 14.2 Å². The standard InChI is InChI=1S/C62H102O6/c1-4-7-10-13-16-19-22-25-28-30-31-32-35-37-40-43-46-49-52-55-61(64)67-58-59(57-66-60(63)54-51-48-45-42-39-36-33-27-24-21-18-15-12-9-6-3)68-62(65)56-53-50-47-44-41-38-34-29-26-23-20-17-14-11-8-5-2/h7,9-10,12,16,18-19,21,25,27-28,31-33,37,40,46,49,59H,4-6,8,11,13-15,17,20,22-24,26,29-30,34-36,38-39,41-45,47-48,50-58H2,1-3H3/b10-7+,12-9+,19-16+,21-18+,28-25+,32-31+,33-27+,40-37+,49-46+/t59-/m1/s1. The van der Waals surface area contributed by atoms with E-state index in [9.17, 15) is 14.4 Å². The van der Waals surface area contributed by atoms with Crippen LogP contribution in [0.3, 0.4) is 0 Å². The van der Waals surface area contributed by atoms with Gasteiger partial charge in [0.05, 0.1) is 0 Å². The molecule has 0 unspecified atom stereocenters. The maximum atomic E-state index is 12.8. The molecule has 0 aliphatic heterocycles. The van der Waals surface area contributed by atoms with Crippen LogP contribution in [0.4, 0.5) is 0 Å². The van der Waals surface area contributed by atoms with Crippen molar-refractivity contribution in [2.45, 2.75) is 252 Å². The zero-order chi connectivity index (χ0) is 49.3. The van der Waals surface area contributed by atoms with Crippen molar-refractivity contribution in [1.29, 1.82) is 0 Å². The molecule has 0 spiro atoms. The van der Waals surface area contributed by atoms with Crippen LogP contribution in [0.15, 0.2) is 109 Å². The van der Waals surface area contributed by atoms with Gasteiger partial charge in [0.2, 0.25) is 0 Å². The van der Waals surface area contributed by atoms with Crippen molar-refractivity contribution in [2.24, 2.45) is 0 Å². The number of hydrogen-bond donors (Lipinski definition) is 0. The number of carbonyl (C=O) groups is 3. The second kappa shape index (κ2) is 55.7.